The standard InChI is InChI=1S/C23H28O4S/c1-23(2,3)28(26)17-21(24)15-20(14-18-10-6-4-7-11-18)22(25)27-16-19-12-8-5-9-13-19/h4-13,20H,14-17H2,1-3H3/t20-,28?/m1/s1. The van der Waals surface area contributed by atoms with Gasteiger partial charge in [-0.2, -0.15) is 0 Å². The van der Waals surface area contributed by atoms with Gasteiger partial charge in [-0.1, -0.05) is 60.7 Å². The molecule has 5 heteroatoms. The Balaban J connectivity index is 2.04. The van der Waals surface area contributed by atoms with Crippen molar-refractivity contribution in [2.45, 2.75) is 45.0 Å². The number of Topliss-reactive ketones (excluding diaryl/α,β-unsaturated/α-hetero) is 1. The summed E-state index contributed by atoms with van der Waals surface area (Å²) in [7, 11) is -1.28. The summed E-state index contributed by atoms with van der Waals surface area (Å²) < 4.78 is 17.3. The second kappa shape index (κ2) is 10.3. The van der Waals surface area contributed by atoms with Crippen LogP contribution < -0.4 is 0 Å². The number of carbonyl (C=O) groups is 2. The molecule has 0 aromatic heterocycles. The highest BCUT2D eigenvalue weighted by molar-refractivity contribution is 7.87. The molecular weight excluding hydrogens is 372 g/mol. The third-order valence-electron chi connectivity index (χ3n) is 4.33. The largest absolute Gasteiger partial charge is 0.461 e. The van der Waals surface area contributed by atoms with E-state index >= 15 is 0 Å². The molecule has 0 amide bonds. The first-order chi connectivity index (χ1) is 13.3. The number of benzene rings is 2. The highest BCUT2D eigenvalue weighted by atomic mass is 32.2. The molecular formula is C23H28O4S. The Kier molecular flexibility index (Phi) is 8.12. The van der Waals surface area contributed by atoms with Gasteiger partial charge in [0.25, 0.3) is 0 Å². The third-order valence-corrected chi connectivity index (χ3v) is 6.28. The summed E-state index contributed by atoms with van der Waals surface area (Å²) in [6.45, 7) is 5.69. The third kappa shape index (κ3) is 7.39. The Labute approximate surface area is 169 Å². The van der Waals surface area contributed by atoms with Crippen LogP contribution in [-0.2, 0) is 38.2 Å². The average Bonchev–Trinajstić information content (AvgIpc) is 2.66. The lowest BCUT2D eigenvalue weighted by Gasteiger charge is -2.19. The van der Waals surface area contributed by atoms with Crippen LogP contribution >= 0.6 is 0 Å². The molecule has 4 nitrogen and oxygen atoms in total. The Morgan fingerprint density at radius 3 is 2.00 bits per heavy atom. The summed E-state index contributed by atoms with van der Waals surface area (Å²) in [5.41, 5.74) is 1.86. The Bertz CT molecular complexity index is 794. The van der Waals surface area contributed by atoms with Crippen molar-refractivity contribution in [3.63, 3.8) is 0 Å². The van der Waals surface area contributed by atoms with Crippen LogP contribution in [0, 0.1) is 5.92 Å². The van der Waals surface area contributed by atoms with E-state index in [9.17, 15) is 13.8 Å². The summed E-state index contributed by atoms with van der Waals surface area (Å²) in [6.07, 6.45) is 0.451. The molecule has 0 fully saturated rings. The molecule has 150 valence electrons. The second-order valence-electron chi connectivity index (χ2n) is 7.82. The molecule has 2 aromatic carbocycles. The summed E-state index contributed by atoms with van der Waals surface area (Å²) in [5.74, 6) is -1.20. The maximum atomic E-state index is 12.7. The number of hydrogen-bond donors (Lipinski definition) is 0. The van der Waals surface area contributed by atoms with E-state index in [0.29, 0.717) is 6.42 Å². The number of ether oxygens (including phenoxy) is 1. The first-order valence-electron chi connectivity index (χ1n) is 9.40. The van der Waals surface area contributed by atoms with Crippen molar-refractivity contribution in [2.24, 2.45) is 5.92 Å². The van der Waals surface area contributed by atoms with Gasteiger partial charge in [0, 0.05) is 22.0 Å². The van der Waals surface area contributed by atoms with Crippen LogP contribution in [0.15, 0.2) is 60.7 Å². The second-order valence-corrected chi connectivity index (χ2v) is 10.0. The van der Waals surface area contributed by atoms with Crippen LogP contribution in [-0.4, -0.2) is 26.5 Å². The van der Waals surface area contributed by atoms with Crippen molar-refractivity contribution in [1.29, 1.82) is 0 Å². The topological polar surface area (TPSA) is 60.4 Å². The van der Waals surface area contributed by atoms with Crippen LogP contribution in [0.25, 0.3) is 0 Å². The van der Waals surface area contributed by atoms with Gasteiger partial charge in [-0.25, -0.2) is 0 Å². The van der Waals surface area contributed by atoms with Gasteiger partial charge in [-0.3, -0.25) is 13.8 Å². The highest BCUT2D eigenvalue weighted by Gasteiger charge is 2.27. The van der Waals surface area contributed by atoms with E-state index in [1.165, 1.54) is 0 Å². The molecule has 0 aliphatic heterocycles. The van der Waals surface area contributed by atoms with E-state index in [2.05, 4.69) is 0 Å². The van der Waals surface area contributed by atoms with Crippen molar-refractivity contribution in [3.8, 4) is 0 Å². The van der Waals surface area contributed by atoms with Crippen LogP contribution in [0.1, 0.15) is 38.3 Å². The summed E-state index contributed by atoms with van der Waals surface area (Å²) in [4.78, 5) is 25.2. The maximum absolute atomic E-state index is 12.7. The molecule has 0 radical (unpaired) electrons. The Hall–Kier alpha value is -2.27. The van der Waals surface area contributed by atoms with Gasteiger partial charge in [0.1, 0.15) is 12.4 Å². The summed E-state index contributed by atoms with van der Waals surface area (Å²) in [6, 6.07) is 19.0. The fraction of sp³-hybridized carbons (Fsp3) is 0.391. The zero-order valence-corrected chi connectivity index (χ0v) is 17.5. The molecule has 0 spiro atoms. The molecule has 0 bridgehead atoms. The lowest BCUT2D eigenvalue weighted by atomic mass is 9.94. The molecule has 2 aromatic rings. The minimum absolute atomic E-state index is 0.0321. The van der Waals surface area contributed by atoms with Gasteiger partial charge < -0.3 is 4.74 Å². The smallest absolute Gasteiger partial charge is 0.310 e. The Morgan fingerprint density at radius 2 is 1.46 bits per heavy atom. The molecule has 2 atom stereocenters. The predicted molar refractivity (Wildman–Crippen MR) is 112 cm³/mol. The van der Waals surface area contributed by atoms with Crippen molar-refractivity contribution >= 4 is 22.6 Å². The lowest BCUT2D eigenvalue weighted by Crippen LogP contribution is -2.30. The molecule has 0 aliphatic rings. The van der Waals surface area contributed by atoms with Crippen LogP contribution in [0.3, 0.4) is 0 Å². The molecule has 0 saturated carbocycles. The molecule has 2 rings (SSSR count). The van der Waals surface area contributed by atoms with Gasteiger partial charge in [0.2, 0.25) is 0 Å². The van der Waals surface area contributed by atoms with Crippen LogP contribution in [0.4, 0.5) is 0 Å². The fourth-order valence-electron chi connectivity index (χ4n) is 2.68. The zero-order valence-electron chi connectivity index (χ0n) is 16.7. The molecule has 28 heavy (non-hydrogen) atoms. The van der Waals surface area contributed by atoms with Crippen molar-refractivity contribution in [1.82, 2.24) is 0 Å². The van der Waals surface area contributed by atoms with Gasteiger partial charge in [0.15, 0.2) is 0 Å². The number of carbonyl (C=O) groups excluding carboxylic acids is 2. The van der Waals surface area contributed by atoms with Gasteiger partial charge in [0.05, 0.1) is 11.7 Å². The number of hydrogen-bond acceptors (Lipinski definition) is 4. The molecule has 0 heterocycles. The lowest BCUT2D eigenvalue weighted by molar-refractivity contribution is -0.151. The maximum Gasteiger partial charge on any atom is 0.310 e. The zero-order chi connectivity index (χ0) is 20.6. The van der Waals surface area contributed by atoms with E-state index in [0.717, 1.165) is 11.1 Å². The minimum atomic E-state index is -1.28. The summed E-state index contributed by atoms with van der Waals surface area (Å²) >= 11 is 0. The van der Waals surface area contributed by atoms with Crippen LogP contribution in [0.2, 0.25) is 0 Å². The van der Waals surface area contributed by atoms with Crippen molar-refractivity contribution < 1.29 is 18.5 Å². The summed E-state index contributed by atoms with van der Waals surface area (Å²) in [5, 5.41) is 0. The van der Waals surface area contributed by atoms with Crippen molar-refractivity contribution in [3.05, 3.63) is 71.8 Å². The first-order valence-corrected chi connectivity index (χ1v) is 10.7. The molecule has 0 aliphatic carbocycles. The SMILES string of the molecule is CC(C)(C)S(=O)CC(=O)C[C@@H](Cc1ccccc1)C(=O)OCc1ccccc1. The fourth-order valence-corrected chi connectivity index (χ4v) is 3.52. The van der Waals surface area contributed by atoms with E-state index in [1.807, 2.05) is 81.4 Å². The minimum Gasteiger partial charge on any atom is -0.461 e. The average molecular weight is 401 g/mol. The first kappa shape index (κ1) is 22.0. The van der Waals surface area contributed by atoms with E-state index in [-0.39, 0.29) is 24.6 Å². The molecule has 1 unspecified atom stereocenters. The number of esters is 1. The predicted octanol–water partition coefficient (Wildman–Crippen LogP) is 4.10. The number of ketones is 1. The molecule has 0 saturated heterocycles. The van der Waals surface area contributed by atoms with Gasteiger partial charge in [-0.05, 0) is 38.3 Å². The van der Waals surface area contributed by atoms with E-state index in [4.69, 9.17) is 4.74 Å². The van der Waals surface area contributed by atoms with Gasteiger partial charge >= 0.3 is 5.97 Å². The van der Waals surface area contributed by atoms with Gasteiger partial charge in [-0.15, -0.1) is 0 Å². The monoisotopic (exact) mass is 400 g/mol. The van der Waals surface area contributed by atoms with Crippen LogP contribution in [0.5, 0.6) is 0 Å². The molecule has 0 N–H and O–H groups in total. The number of rotatable bonds is 9. The van der Waals surface area contributed by atoms with E-state index < -0.39 is 27.4 Å². The van der Waals surface area contributed by atoms with Crippen molar-refractivity contribution in [2.75, 3.05) is 5.75 Å². The highest BCUT2D eigenvalue weighted by Crippen LogP contribution is 2.18. The Morgan fingerprint density at radius 1 is 0.929 bits per heavy atom. The van der Waals surface area contributed by atoms with E-state index in [1.54, 1.807) is 0 Å². The normalized spacial score (nSPS) is 13.5. The quantitative estimate of drug-likeness (QED) is 0.595.